The van der Waals surface area contributed by atoms with Crippen molar-refractivity contribution in [2.75, 3.05) is 6.54 Å². The highest BCUT2D eigenvalue weighted by Gasteiger charge is 2.52. The Morgan fingerprint density at radius 3 is 2.81 bits per heavy atom. The molecule has 27 heavy (non-hydrogen) atoms. The molecule has 146 valence electrons. The number of likely N-dealkylation sites (tertiary alicyclic amines) is 1. The van der Waals surface area contributed by atoms with E-state index in [9.17, 15) is 9.59 Å². The van der Waals surface area contributed by atoms with Crippen molar-refractivity contribution in [3.05, 3.63) is 29.8 Å². The van der Waals surface area contributed by atoms with Gasteiger partial charge in [-0.25, -0.2) is 0 Å². The number of nitrogens with zero attached hydrogens (tertiary/aromatic N) is 1. The Hall–Kier alpha value is -2.08. The minimum atomic E-state index is -0.935. The van der Waals surface area contributed by atoms with Gasteiger partial charge in [0.15, 0.2) is 0 Å². The number of hydrogen-bond acceptors (Lipinski definition) is 4. The van der Waals surface area contributed by atoms with E-state index < -0.39 is 11.6 Å². The molecule has 2 fully saturated rings. The normalized spacial score (nSPS) is 31.1. The third kappa shape index (κ3) is 3.31. The van der Waals surface area contributed by atoms with E-state index in [1.165, 1.54) is 0 Å². The van der Waals surface area contributed by atoms with E-state index in [0.29, 0.717) is 6.54 Å². The summed E-state index contributed by atoms with van der Waals surface area (Å²) in [6.07, 6.45) is 2.53. The lowest BCUT2D eigenvalue weighted by atomic mass is 9.72. The standard InChI is InChI=1S/C21H27NO5/c1-21(2)14-12-15-17(8-5-11-22(15)18(23)9-10-19(24)25)26-20(14)13-6-3-4-7-16(13)27-21/h3-4,6-7,14-15,17,20H,5,8-12H2,1-2H3,(H,24,25)/t14-,15-,17-,20+/m0/s1. The van der Waals surface area contributed by atoms with Gasteiger partial charge in [-0.15, -0.1) is 0 Å². The van der Waals surface area contributed by atoms with E-state index in [0.717, 1.165) is 30.6 Å². The topological polar surface area (TPSA) is 76.1 Å². The van der Waals surface area contributed by atoms with Crippen molar-refractivity contribution in [3.63, 3.8) is 0 Å². The van der Waals surface area contributed by atoms with Crippen molar-refractivity contribution >= 4 is 11.9 Å². The minimum Gasteiger partial charge on any atom is -0.487 e. The second-order valence-electron chi connectivity index (χ2n) is 8.37. The van der Waals surface area contributed by atoms with Crippen LogP contribution in [0.5, 0.6) is 5.75 Å². The average molecular weight is 373 g/mol. The molecule has 1 N–H and O–H groups in total. The van der Waals surface area contributed by atoms with Gasteiger partial charge in [0, 0.05) is 24.4 Å². The summed E-state index contributed by atoms with van der Waals surface area (Å²) in [7, 11) is 0. The van der Waals surface area contributed by atoms with Crippen LogP contribution < -0.4 is 4.74 Å². The van der Waals surface area contributed by atoms with Crippen LogP contribution in [0.3, 0.4) is 0 Å². The van der Waals surface area contributed by atoms with Gasteiger partial charge < -0.3 is 19.5 Å². The smallest absolute Gasteiger partial charge is 0.303 e. The van der Waals surface area contributed by atoms with Crippen LogP contribution in [0.4, 0.5) is 0 Å². The van der Waals surface area contributed by atoms with Crippen LogP contribution in [0.2, 0.25) is 0 Å². The zero-order valence-electron chi connectivity index (χ0n) is 15.9. The molecule has 4 atom stereocenters. The second-order valence-corrected chi connectivity index (χ2v) is 8.37. The number of aliphatic carboxylic acids is 1. The lowest BCUT2D eigenvalue weighted by molar-refractivity contribution is -0.193. The van der Waals surface area contributed by atoms with Gasteiger partial charge in [0.1, 0.15) is 11.4 Å². The van der Waals surface area contributed by atoms with Gasteiger partial charge in [0.2, 0.25) is 5.91 Å². The maximum absolute atomic E-state index is 12.7. The Labute approximate surface area is 159 Å². The predicted molar refractivity (Wildman–Crippen MR) is 98.5 cm³/mol. The van der Waals surface area contributed by atoms with Crippen LogP contribution in [0.15, 0.2) is 24.3 Å². The van der Waals surface area contributed by atoms with Crippen molar-refractivity contribution in [1.29, 1.82) is 0 Å². The van der Waals surface area contributed by atoms with Gasteiger partial charge in [-0.2, -0.15) is 0 Å². The summed E-state index contributed by atoms with van der Waals surface area (Å²) in [5, 5.41) is 8.90. The van der Waals surface area contributed by atoms with Crippen molar-refractivity contribution in [2.45, 2.75) is 69.8 Å². The van der Waals surface area contributed by atoms with E-state index >= 15 is 0 Å². The fourth-order valence-corrected chi connectivity index (χ4v) is 4.90. The van der Waals surface area contributed by atoms with Crippen LogP contribution in [0, 0.1) is 5.92 Å². The summed E-state index contributed by atoms with van der Waals surface area (Å²) in [5.74, 6) is 0.00768. The molecule has 6 nitrogen and oxygen atoms in total. The third-order valence-corrected chi connectivity index (χ3v) is 6.26. The van der Waals surface area contributed by atoms with E-state index in [4.69, 9.17) is 14.6 Å². The van der Waals surface area contributed by atoms with Gasteiger partial charge in [-0.05, 0) is 39.2 Å². The zero-order valence-corrected chi connectivity index (χ0v) is 15.9. The summed E-state index contributed by atoms with van der Waals surface area (Å²) in [6, 6.07) is 8.04. The summed E-state index contributed by atoms with van der Waals surface area (Å²) in [5.41, 5.74) is 0.701. The van der Waals surface area contributed by atoms with Crippen molar-refractivity contribution < 1.29 is 24.2 Å². The van der Waals surface area contributed by atoms with Gasteiger partial charge in [-0.3, -0.25) is 9.59 Å². The number of piperidine rings is 1. The summed E-state index contributed by atoms with van der Waals surface area (Å²) < 4.78 is 12.9. The maximum Gasteiger partial charge on any atom is 0.303 e. The van der Waals surface area contributed by atoms with Gasteiger partial charge in [-0.1, -0.05) is 18.2 Å². The lowest BCUT2D eigenvalue weighted by Crippen LogP contribution is -2.60. The largest absolute Gasteiger partial charge is 0.487 e. The predicted octanol–water partition coefficient (Wildman–Crippen LogP) is 3.16. The second kappa shape index (κ2) is 6.82. The quantitative estimate of drug-likeness (QED) is 0.881. The first-order chi connectivity index (χ1) is 12.9. The SMILES string of the molecule is CC1(C)Oc2ccccc2[C@H]2O[C@H]3CCCN(C(=O)CCC(=O)O)[C@H]3C[C@@H]21. The van der Waals surface area contributed by atoms with E-state index in [2.05, 4.69) is 19.9 Å². The monoisotopic (exact) mass is 373 g/mol. The van der Waals surface area contributed by atoms with Crippen LogP contribution in [0.1, 0.15) is 57.6 Å². The molecule has 4 rings (SSSR count). The number of carbonyl (C=O) groups excluding carboxylic acids is 1. The number of rotatable bonds is 3. The van der Waals surface area contributed by atoms with Crippen LogP contribution >= 0.6 is 0 Å². The molecule has 3 aliphatic heterocycles. The van der Waals surface area contributed by atoms with Crippen molar-refractivity contribution in [2.24, 2.45) is 5.92 Å². The molecule has 3 aliphatic rings. The van der Waals surface area contributed by atoms with Crippen LogP contribution in [-0.2, 0) is 14.3 Å². The number of fused-ring (bicyclic) bond motifs is 4. The molecule has 3 heterocycles. The summed E-state index contributed by atoms with van der Waals surface area (Å²) >= 11 is 0. The molecule has 1 aromatic carbocycles. The molecule has 0 aromatic heterocycles. The summed E-state index contributed by atoms with van der Waals surface area (Å²) in [4.78, 5) is 25.4. The average Bonchev–Trinajstić information content (AvgIpc) is 2.64. The highest BCUT2D eigenvalue weighted by atomic mass is 16.5. The van der Waals surface area contributed by atoms with Crippen molar-refractivity contribution in [3.8, 4) is 5.75 Å². The molecule has 0 radical (unpaired) electrons. The first kappa shape index (κ1) is 18.3. The van der Waals surface area contributed by atoms with Gasteiger partial charge >= 0.3 is 5.97 Å². The fourth-order valence-electron chi connectivity index (χ4n) is 4.90. The first-order valence-electron chi connectivity index (χ1n) is 9.81. The molecule has 1 amide bonds. The Balaban J connectivity index is 1.59. The fraction of sp³-hybridized carbons (Fsp3) is 0.619. The number of carboxylic acid groups (broad SMARTS) is 1. The molecule has 0 spiro atoms. The van der Waals surface area contributed by atoms with Gasteiger partial charge in [0.25, 0.3) is 0 Å². The zero-order chi connectivity index (χ0) is 19.2. The Bertz CT molecular complexity index is 746. The molecule has 6 heteroatoms. The molecule has 0 bridgehead atoms. The van der Waals surface area contributed by atoms with Gasteiger partial charge in [0.05, 0.1) is 24.7 Å². The molecular formula is C21H27NO5. The summed E-state index contributed by atoms with van der Waals surface area (Å²) in [6.45, 7) is 4.85. The number of carbonyl (C=O) groups is 2. The van der Waals surface area contributed by atoms with Crippen LogP contribution in [0.25, 0.3) is 0 Å². The molecule has 0 aliphatic carbocycles. The van der Waals surface area contributed by atoms with Crippen molar-refractivity contribution in [1.82, 2.24) is 4.90 Å². The molecule has 1 aromatic rings. The van der Waals surface area contributed by atoms with Crippen LogP contribution in [-0.4, -0.2) is 46.2 Å². The van der Waals surface area contributed by atoms with E-state index in [1.807, 2.05) is 23.1 Å². The Kier molecular flexibility index (Phi) is 4.62. The number of ether oxygens (including phenoxy) is 2. The molecule has 0 unspecified atom stereocenters. The number of carboxylic acids is 1. The van der Waals surface area contributed by atoms with E-state index in [-0.39, 0.29) is 42.9 Å². The lowest BCUT2D eigenvalue weighted by Gasteiger charge is -2.54. The minimum absolute atomic E-state index is 0.00395. The number of benzene rings is 1. The third-order valence-electron chi connectivity index (χ3n) is 6.26. The first-order valence-corrected chi connectivity index (χ1v) is 9.81. The molecular weight excluding hydrogens is 346 g/mol. The Morgan fingerprint density at radius 2 is 2.04 bits per heavy atom. The molecule has 2 saturated heterocycles. The van der Waals surface area contributed by atoms with E-state index in [1.54, 1.807) is 0 Å². The maximum atomic E-state index is 12.7. The number of para-hydroxylation sites is 1. The molecule has 0 saturated carbocycles. The highest BCUT2D eigenvalue weighted by Crippen LogP contribution is 2.52. The number of hydrogen-bond donors (Lipinski definition) is 1. The number of amides is 1. The Morgan fingerprint density at radius 1 is 1.26 bits per heavy atom. The highest BCUT2D eigenvalue weighted by molar-refractivity contribution is 5.81.